The van der Waals surface area contributed by atoms with Gasteiger partial charge in [-0.05, 0) is 70.2 Å². The zero-order chi connectivity index (χ0) is 23.2. The lowest BCUT2D eigenvalue weighted by Crippen LogP contribution is -2.45. The van der Waals surface area contributed by atoms with Gasteiger partial charge in [0.2, 0.25) is 5.91 Å². The van der Waals surface area contributed by atoms with E-state index in [1.54, 1.807) is 6.92 Å². The zero-order valence-corrected chi connectivity index (χ0v) is 20.5. The minimum Gasteiger partial charge on any atom is -0.372 e. The van der Waals surface area contributed by atoms with Crippen LogP contribution in [-0.4, -0.2) is 37.4 Å². The molecule has 1 aromatic rings. The van der Waals surface area contributed by atoms with Crippen LogP contribution in [0.5, 0.6) is 0 Å². The Morgan fingerprint density at radius 3 is 2.29 bits per heavy atom. The van der Waals surface area contributed by atoms with Gasteiger partial charge in [-0.2, -0.15) is 0 Å². The van der Waals surface area contributed by atoms with E-state index in [0.29, 0.717) is 25.4 Å². The van der Waals surface area contributed by atoms with Gasteiger partial charge in [0.15, 0.2) is 0 Å². The predicted octanol–water partition coefficient (Wildman–Crippen LogP) is 4.67. The minimum atomic E-state index is -0.172. The number of hydrogen-bond acceptors (Lipinski definition) is 4. The molecule has 5 nitrogen and oxygen atoms in total. The number of rotatable bonds is 16. The number of carbonyl (C=O) groups excluding carboxylic acids is 2. The van der Waals surface area contributed by atoms with Crippen molar-refractivity contribution in [3.8, 4) is 0 Å². The van der Waals surface area contributed by atoms with E-state index in [9.17, 15) is 9.59 Å². The molecule has 176 valence electrons. The van der Waals surface area contributed by atoms with Gasteiger partial charge in [-0.25, -0.2) is 0 Å². The monoisotopic (exact) mass is 432 g/mol. The number of aryl methyl sites for hydroxylation is 1. The van der Waals surface area contributed by atoms with Crippen LogP contribution in [0.15, 0.2) is 24.3 Å². The number of hydrogen-bond donors (Lipinski definition) is 2. The fourth-order valence-corrected chi connectivity index (χ4v) is 3.60. The van der Waals surface area contributed by atoms with Crippen LogP contribution in [0, 0.1) is 11.8 Å². The summed E-state index contributed by atoms with van der Waals surface area (Å²) in [6.45, 7) is 11.4. The standard InChI is InChI=1S/C26H44N2O3/c1-7-19(2)17-20(3)26(30)28-25(15-10-21(4)29)22(5)31-18-24-13-11-23(12-14-24)9-8-16-27-6/h11-14,19-20,22,25,27H,7-10,15-18H2,1-6H3,(H,28,30)/t19-,20+,22-,25+/m1/s1. The number of benzene rings is 1. The molecule has 1 rings (SSSR count). The SMILES string of the molecule is CC[C@@H](C)C[C@H](C)C(=O)N[C@@H](CCC(C)=O)[C@@H](C)OCc1ccc(CCCNC)cc1. The highest BCUT2D eigenvalue weighted by Gasteiger charge is 2.24. The summed E-state index contributed by atoms with van der Waals surface area (Å²) in [4.78, 5) is 24.2. The molecule has 2 N–H and O–H groups in total. The molecular formula is C26H44N2O3. The number of nitrogens with one attached hydrogen (secondary N) is 2. The molecule has 1 aromatic carbocycles. The Hall–Kier alpha value is -1.72. The number of Topliss-reactive ketones (excluding diaryl/α,β-unsaturated/α-hetero) is 1. The van der Waals surface area contributed by atoms with Crippen molar-refractivity contribution in [2.45, 2.75) is 91.9 Å². The molecule has 0 aliphatic heterocycles. The van der Waals surface area contributed by atoms with Gasteiger partial charge in [0.1, 0.15) is 5.78 Å². The van der Waals surface area contributed by atoms with Gasteiger partial charge in [0.25, 0.3) is 0 Å². The molecule has 5 heteroatoms. The molecular weight excluding hydrogens is 388 g/mol. The van der Waals surface area contributed by atoms with Gasteiger partial charge in [0, 0.05) is 12.3 Å². The van der Waals surface area contributed by atoms with E-state index in [0.717, 1.165) is 37.8 Å². The van der Waals surface area contributed by atoms with E-state index in [2.05, 4.69) is 48.7 Å². The van der Waals surface area contributed by atoms with Crippen molar-refractivity contribution in [1.82, 2.24) is 10.6 Å². The van der Waals surface area contributed by atoms with Crippen molar-refractivity contribution in [3.05, 3.63) is 35.4 Å². The van der Waals surface area contributed by atoms with E-state index >= 15 is 0 Å². The number of ether oxygens (including phenoxy) is 1. The summed E-state index contributed by atoms with van der Waals surface area (Å²) in [7, 11) is 1.97. The Morgan fingerprint density at radius 2 is 1.71 bits per heavy atom. The normalized spacial score (nSPS) is 15.2. The Bertz CT molecular complexity index is 645. The van der Waals surface area contributed by atoms with E-state index < -0.39 is 0 Å². The van der Waals surface area contributed by atoms with Crippen LogP contribution < -0.4 is 10.6 Å². The van der Waals surface area contributed by atoms with Crippen LogP contribution in [0.3, 0.4) is 0 Å². The number of ketones is 1. The highest BCUT2D eigenvalue weighted by Crippen LogP contribution is 2.17. The molecule has 0 aromatic heterocycles. The maximum atomic E-state index is 12.7. The van der Waals surface area contributed by atoms with Crippen molar-refractivity contribution < 1.29 is 14.3 Å². The number of amides is 1. The third-order valence-electron chi connectivity index (χ3n) is 6.03. The molecule has 0 fully saturated rings. The lowest BCUT2D eigenvalue weighted by molar-refractivity contribution is -0.127. The fourth-order valence-electron chi connectivity index (χ4n) is 3.60. The fraction of sp³-hybridized carbons (Fsp3) is 0.692. The molecule has 0 aliphatic carbocycles. The summed E-state index contributed by atoms with van der Waals surface area (Å²) in [6, 6.07) is 8.36. The molecule has 0 aliphatic rings. The maximum Gasteiger partial charge on any atom is 0.223 e. The summed E-state index contributed by atoms with van der Waals surface area (Å²) in [5, 5.41) is 6.32. The van der Waals surface area contributed by atoms with Crippen LogP contribution in [-0.2, 0) is 27.4 Å². The lowest BCUT2D eigenvalue weighted by atomic mass is 9.94. The topological polar surface area (TPSA) is 67.4 Å². The smallest absolute Gasteiger partial charge is 0.223 e. The molecule has 0 unspecified atom stereocenters. The number of carbonyl (C=O) groups is 2. The molecule has 0 radical (unpaired) electrons. The summed E-state index contributed by atoms with van der Waals surface area (Å²) in [6.07, 6.45) is 5.00. The minimum absolute atomic E-state index is 0.0440. The average Bonchev–Trinajstić information content (AvgIpc) is 2.75. The Morgan fingerprint density at radius 1 is 1.06 bits per heavy atom. The Kier molecular flexibility index (Phi) is 13.3. The largest absolute Gasteiger partial charge is 0.372 e. The molecule has 0 heterocycles. The highest BCUT2D eigenvalue weighted by atomic mass is 16.5. The van der Waals surface area contributed by atoms with Crippen LogP contribution in [0.25, 0.3) is 0 Å². The van der Waals surface area contributed by atoms with Crippen molar-refractivity contribution >= 4 is 11.7 Å². The molecule has 0 saturated heterocycles. The van der Waals surface area contributed by atoms with Crippen molar-refractivity contribution in [1.29, 1.82) is 0 Å². The van der Waals surface area contributed by atoms with Crippen LogP contribution >= 0.6 is 0 Å². The predicted molar refractivity (Wildman–Crippen MR) is 128 cm³/mol. The lowest BCUT2D eigenvalue weighted by Gasteiger charge is -2.27. The first-order valence-corrected chi connectivity index (χ1v) is 11.9. The van der Waals surface area contributed by atoms with Gasteiger partial charge in [0.05, 0.1) is 18.8 Å². The second kappa shape index (κ2) is 15.1. The summed E-state index contributed by atoms with van der Waals surface area (Å²) in [5.41, 5.74) is 2.44. The van der Waals surface area contributed by atoms with Crippen molar-refractivity contribution in [3.63, 3.8) is 0 Å². The van der Waals surface area contributed by atoms with Gasteiger partial charge in [-0.15, -0.1) is 0 Å². The van der Waals surface area contributed by atoms with Gasteiger partial charge in [-0.3, -0.25) is 4.79 Å². The van der Waals surface area contributed by atoms with E-state index in [4.69, 9.17) is 4.74 Å². The third kappa shape index (κ3) is 11.5. The van der Waals surface area contributed by atoms with Crippen LogP contribution in [0.1, 0.15) is 77.8 Å². The van der Waals surface area contributed by atoms with E-state index in [1.807, 2.05) is 20.9 Å². The first-order valence-electron chi connectivity index (χ1n) is 11.9. The van der Waals surface area contributed by atoms with E-state index in [1.165, 1.54) is 5.56 Å². The summed E-state index contributed by atoms with van der Waals surface area (Å²) >= 11 is 0. The third-order valence-corrected chi connectivity index (χ3v) is 6.03. The molecule has 1 amide bonds. The molecule has 0 bridgehead atoms. The van der Waals surface area contributed by atoms with Crippen molar-refractivity contribution in [2.24, 2.45) is 11.8 Å². The summed E-state index contributed by atoms with van der Waals surface area (Å²) < 4.78 is 6.11. The molecule has 4 atom stereocenters. The van der Waals surface area contributed by atoms with Gasteiger partial charge < -0.3 is 20.2 Å². The second-order valence-corrected chi connectivity index (χ2v) is 9.05. The summed E-state index contributed by atoms with van der Waals surface area (Å²) in [5.74, 6) is 0.659. The molecule has 0 spiro atoms. The zero-order valence-electron chi connectivity index (χ0n) is 20.5. The quantitative estimate of drug-likeness (QED) is 0.373. The first kappa shape index (κ1) is 27.3. The highest BCUT2D eigenvalue weighted by molar-refractivity contribution is 5.79. The molecule has 31 heavy (non-hydrogen) atoms. The van der Waals surface area contributed by atoms with Crippen molar-refractivity contribution in [2.75, 3.05) is 13.6 Å². The first-order chi connectivity index (χ1) is 14.8. The maximum absolute atomic E-state index is 12.7. The Balaban J connectivity index is 2.63. The Labute approximate surface area is 189 Å². The molecule has 0 saturated carbocycles. The van der Waals surface area contributed by atoms with Gasteiger partial charge in [-0.1, -0.05) is 51.5 Å². The van der Waals surface area contributed by atoms with Crippen LogP contribution in [0.2, 0.25) is 0 Å². The van der Waals surface area contributed by atoms with Crippen LogP contribution in [0.4, 0.5) is 0 Å². The average molecular weight is 433 g/mol. The van der Waals surface area contributed by atoms with Gasteiger partial charge >= 0.3 is 0 Å². The van der Waals surface area contributed by atoms with E-state index in [-0.39, 0.29) is 29.8 Å². The second-order valence-electron chi connectivity index (χ2n) is 9.05.